The van der Waals surface area contributed by atoms with Gasteiger partial charge in [-0.05, 0) is 25.3 Å². The minimum absolute atomic E-state index is 0.101. The minimum Gasteiger partial charge on any atom is -0.354 e. The Kier molecular flexibility index (Phi) is 4.90. The molecule has 154 valence electrons. The lowest BCUT2D eigenvalue weighted by molar-refractivity contribution is 0.0940. The standard InChI is InChI=1S/C22H25N7O/c1-15-24-20-17(9-11-23-22(20)30)21(25-15)28-12-10-19-26-18(27-29(19)14-13-28)8-7-16-5-3-2-4-6-16/h2-6H,7-14H2,1H3,(H,23,30). The zero-order valence-corrected chi connectivity index (χ0v) is 17.1. The van der Waals surface area contributed by atoms with Crippen LogP contribution in [0.15, 0.2) is 30.3 Å². The van der Waals surface area contributed by atoms with Crippen molar-refractivity contribution in [3.63, 3.8) is 0 Å². The second-order valence-corrected chi connectivity index (χ2v) is 7.82. The van der Waals surface area contributed by atoms with E-state index in [2.05, 4.69) is 39.5 Å². The number of aryl methyl sites for hydroxylation is 3. The number of amides is 1. The largest absolute Gasteiger partial charge is 0.354 e. The van der Waals surface area contributed by atoms with Gasteiger partial charge in [-0.25, -0.2) is 19.6 Å². The molecule has 0 saturated carbocycles. The summed E-state index contributed by atoms with van der Waals surface area (Å²) < 4.78 is 2.04. The number of carbonyl (C=O) groups excluding carboxylic acids is 1. The Labute approximate surface area is 175 Å². The van der Waals surface area contributed by atoms with Gasteiger partial charge >= 0.3 is 0 Å². The van der Waals surface area contributed by atoms with Gasteiger partial charge in [0.2, 0.25) is 0 Å². The highest BCUT2D eigenvalue weighted by molar-refractivity contribution is 5.96. The minimum atomic E-state index is -0.101. The number of anilines is 1. The van der Waals surface area contributed by atoms with Gasteiger partial charge in [0, 0.05) is 38.0 Å². The third kappa shape index (κ3) is 3.65. The van der Waals surface area contributed by atoms with Crippen molar-refractivity contribution in [1.29, 1.82) is 0 Å². The summed E-state index contributed by atoms with van der Waals surface area (Å²) in [5, 5.41) is 7.63. The molecule has 8 heteroatoms. The number of rotatable bonds is 4. The number of nitrogens with one attached hydrogen (secondary N) is 1. The third-order valence-corrected chi connectivity index (χ3v) is 5.73. The van der Waals surface area contributed by atoms with Gasteiger partial charge in [0.15, 0.2) is 5.82 Å². The first-order valence-electron chi connectivity index (χ1n) is 10.5. The topological polar surface area (TPSA) is 88.8 Å². The fraction of sp³-hybridized carbons (Fsp3) is 0.409. The van der Waals surface area contributed by atoms with Crippen molar-refractivity contribution in [2.45, 2.75) is 39.2 Å². The molecule has 0 spiro atoms. The summed E-state index contributed by atoms with van der Waals surface area (Å²) in [6.45, 7) is 4.83. The molecule has 1 amide bonds. The van der Waals surface area contributed by atoms with Crippen molar-refractivity contribution in [2.75, 3.05) is 24.5 Å². The number of aromatic nitrogens is 5. The highest BCUT2D eigenvalue weighted by Crippen LogP contribution is 2.25. The first-order valence-corrected chi connectivity index (χ1v) is 10.5. The summed E-state index contributed by atoms with van der Waals surface area (Å²) in [7, 11) is 0. The van der Waals surface area contributed by atoms with Crippen molar-refractivity contribution >= 4 is 11.7 Å². The second kappa shape index (κ2) is 7.85. The summed E-state index contributed by atoms with van der Waals surface area (Å²) in [6, 6.07) is 10.5. The molecular weight excluding hydrogens is 378 g/mol. The SMILES string of the molecule is Cc1nc2c(c(N3CCc4nc(CCc5ccccc5)nn4CC3)n1)CCNC2=O. The van der Waals surface area contributed by atoms with E-state index in [1.54, 1.807) is 0 Å². The van der Waals surface area contributed by atoms with E-state index >= 15 is 0 Å². The lowest BCUT2D eigenvalue weighted by atomic mass is 10.1. The predicted molar refractivity (Wildman–Crippen MR) is 113 cm³/mol. The van der Waals surface area contributed by atoms with E-state index in [1.807, 2.05) is 17.7 Å². The maximum Gasteiger partial charge on any atom is 0.270 e. The molecule has 0 saturated heterocycles. The zero-order valence-electron chi connectivity index (χ0n) is 17.1. The van der Waals surface area contributed by atoms with Crippen LogP contribution >= 0.6 is 0 Å². The molecule has 0 aliphatic carbocycles. The van der Waals surface area contributed by atoms with Gasteiger partial charge in [0.05, 0.1) is 6.54 Å². The third-order valence-electron chi connectivity index (χ3n) is 5.73. The van der Waals surface area contributed by atoms with E-state index in [1.165, 1.54) is 5.56 Å². The first kappa shape index (κ1) is 18.7. The molecule has 30 heavy (non-hydrogen) atoms. The van der Waals surface area contributed by atoms with Crippen LogP contribution in [0.25, 0.3) is 0 Å². The number of carbonyl (C=O) groups is 1. The Morgan fingerprint density at radius 3 is 2.73 bits per heavy atom. The summed E-state index contributed by atoms with van der Waals surface area (Å²) in [5.41, 5.74) is 2.79. The maximum absolute atomic E-state index is 12.2. The molecule has 2 aromatic heterocycles. The van der Waals surface area contributed by atoms with Crippen LogP contribution in [0.2, 0.25) is 0 Å². The molecule has 5 rings (SSSR count). The van der Waals surface area contributed by atoms with E-state index in [0.717, 1.165) is 68.3 Å². The maximum atomic E-state index is 12.2. The Balaban J connectivity index is 1.31. The fourth-order valence-corrected chi connectivity index (χ4v) is 4.22. The van der Waals surface area contributed by atoms with Crippen LogP contribution in [0, 0.1) is 6.92 Å². The van der Waals surface area contributed by atoms with Crippen LogP contribution in [0.5, 0.6) is 0 Å². The molecule has 2 aliphatic heterocycles. The van der Waals surface area contributed by atoms with Crippen molar-refractivity contribution in [1.82, 2.24) is 30.0 Å². The molecule has 3 aromatic rings. The number of hydrogen-bond acceptors (Lipinski definition) is 6. The van der Waals surface area contributed by atoms with Crippen molar-refractivity contribution in [3.05, 3.63) is 64.6 Å². The lowest BCUT2D eigenvalue weighted by Crippen LogP contribution is -2.37. The second-order valence-electron chi connectivity index (χ2n) is 7.82. The molecule has 1 aromatic carbocycles. The summed E-state index contributed by atoms with van der Waals surface area (Å²) >= 11 is 0. The highest BCUT2D eigenvalue weighted by Gasteiger charge is 2.27. The first-order chi connectivity index (χ1) is 14.7. The van der Waals surface area contributed by atoms with E-state index in [-0.39, 0.29) is 5.91 Å². The van der Waals surface area contributed by atoms with Crippen molar-refractivity contribution in [3.8, 4) is 0 Å². The lowest BCUT2D eigenvalue weighted by Gasteiger charge is -2.27. The summed E-state index contributed by atoms with van der Waals surface area (Å²) in [4.78, 5) is 28.4. The van der Waals surface area contributed by atoms with E-state index < -0.39 is 0 Å². The molecule has 0 unspecified atom stereocenters. The Bertz CT molecular complexity index is 1050. The van der Waals surface area contributed by atoms with Crippen LogP contribution in [0.4, 0.5) is 5.82 Å². The molecular formula is C22H25N7O. The molecule has 4 heterocycles. The predicted octanol–water partition coefficient (Wildman–Crippen LogP) is 1.51. The quantitative estimate of drug-likeness (QED) is 0.710. The normalized spacial score (nSPS) is 15.9. The van der Waals surface area contributed by atoms with Crippen LogP contribution in [0.3, 0.4) is 0 Å². The molecule has 8 nitrogen and oxygen atoms in total. The van der Waals surface area contributed by atoms with Gasteiger partial charge in [-0.2, -0.15) is 5.10 Å². The van der Waals surface area contributed by atoms with Gasteiger partial charge in [0.25, 0.3) is 5.91 Å². The zero-order chi connectivity index (χ0) is 20.5. The molecule has 0 fully saturated rings. The Hall–Kier alpha value is -3.29. The van der Waals surface area contributed by atoms with Gasteiger partial charge in [-0.3, -0.25) is 4.79 Å². The van der Waals surface area contributed by atoms with Crippen LogP contribution in [-0.2, 0) is 32.2 Å². The monoisotopic (exact) mass is 403 g/mol. The van der Waals surface area contributed by atoms with Gasteiger partial charge in [0.1, 0.15) is 23.2 Å². The smallest absolute Gasteiger partial charge is 0.270 e. The molecule has 1 N–H and O–H groups in total. The van der Waals surface area contributed by atoms with Crippen LogP contribution < -0.4 is 10.2 Å². The Morgan fingerprint density at radius 1 is 1.00 bits per heavy atom. The van der Waals surface area contributed by atoms with E-state index in [9.17, 15) is 4.79 Å². The van der Waals surface area contributed by atoms with Gasteiger partial charge in [-0.15, -0.1) is 0 Å². The van der Waals surface area contributed by atoms with Crippen LogP contribution in [-0.4, -0.2) is 50.3 Å². The number of benzene rings is 1. The average Bonchev–Trinajstić information content (AvgIpc) is 3.05. The van der Waals surface area contributed by atoms with E-state index in [4.69, 9.17) is 15.1 Å². The molecule has 0 bridgehead atoms. The summed E-state index contributed by atoms with van der Waals surface area (Å²) in [5.74, 6) is 3.36. The van der Waals surface area contributed by atoms with Crippen molar-refractivity contribution in [2.24, 2.45) is 0 Å². The van der Waals surface area contributed by atoms with Gasteiger partial charge < -0.3 is 10.2 Å². The fourth-order valence-electron chi connectivity index (χ4n) is 4.22. The van der Waals surface area contributed by atoms with E-state index in [0.29, 0.717) is 18.1 Å². The van der Waals surface area contributed by atoms with Gasteiger partial charge in [-0.1, -0.05) is 30.3 Å². The number of hydrogen-bond donors (Lipinski definition) is 1. The Morgan fingerprint density at radius 2 is 1.87 bits per heavy atom. The average molecular weight is 403 g/mol. The van der Waals surface area contributed by atoms with Crippen LogP contribution in [0.1, 0.15) is 39.1 Å². The van der Waals surface area contributed by atoms with Crippen molar-refractivity contribution < 1.29 is 4.79 Å². The molecule has 0 atom stereocenters. The molecule has 0 radical (unpaired) electrons. The molecule has 2 aliphatic rings. The summed E-state index contributed by atoms with van der Waals surface area (Å²) in [6.07, 6.45) is 3.37. The highest BCUT2D eigenvalue weighted by atomic mass is 16.1. The number of nitrogens with zero attached hydrogens (tertiary/aromatic N) is 6. The number of fused-ring (bicyclic) bond motifs is 2.